The van der Waals surface area contributed by atoms with E-state index >= 15 is 0 Å². The van der Waals surface area contributed by atoms with Gasteiger partial charge in [-0.1, -0.05) is 12.1 Å². The van der Waals surface area contributed by atoms with Crippen molar-refractivity contribution >= 4 is 22.6 Å². The highest BCUT2D eigenvalue weighted by Gasteiger charge is 2.22. The number of carbonyl (C=O) groups is 1. The summed E-state index contributed by atoms with van der Waals surface area (Å²) in [5.74, 6) is -0.873. The molecule has 2 aromatic rings. The number of aromatic amines is 1. The molecule has 0 saturated carbocycles. The molecule has 1 aliphatic heterocycles. The van der Waals surface area contributed by atoms with E-state index in [1.807, 2.05) is 12.1 Å². The van der Waals surface area contributed by atoms with Crippen molar-refractivity contribution in [2.24, 2.45) is 0 Å². The molecule has 1 aromatic heterocycles. The van der Waals surface area contributed by atoms with Gasteiger partial charge < -0.3 is 15.0 Å². The first-order chi connectivity index (χ1) is 8.72. The van der Waals surface area contributed by atoms with Crippen LogP contribution in [0.5, 0.6) is 0 Å². The molecular formula is C14H16N2O2. The van der Waals surface area contributed by atoms with Gasteiger partial charge in [0.1, 0.15) is 0 Å². The minimum atomic E-state index is -0.873. The molecule has 2 N–H and O–H groups in total. The van der Waals surface area contributed by atoms with Crippen molar-refractivity contribution < 1.29 is 9.90 Å². The van der Waals surface area contributed by atoms with Crippen molar-refractivity contribution in [3.63, 3.8) is 0 Å². The second kappa shape index (κ2) is 4.05. The molecule has 0 aliphatic carbocycles. The zero-order valence-corrected chi connectivity index (χ0v) is 10.4. The number of aromatic nitrogens is 1. The summed E-state index contributed by atoms with van der Waals surface area (Å²) in [6.45, 7) is 4.14. The van der Waals surface area contributed by atoms with Crippen LogP contribution in [-0.4, -0.2) is 29.1 Å². The van der Waals surface area contributed by atoms with Gasteiger partial charge in [-0.05, 0) is 25.8 Å². The van der Waals surface area contributed by atoms with Gasteiger partial charge in [0.2, 0.25) is 0 Å². The molecular weight excluding hydrogens is 228 g/mol. The highest BCUT2D eigenvalue weighted by molar-refractivity contribution is 6.07. The Labute approximate surface area is 105 Å². The van der Waals surface area contributed by atoms with Gasteiger partial charge in [0, 0.05) is 24.2 Å². The minimum Gasteiger partial charge on any atom is -0.478 e. The molecule has 3 rings (SSSR count). The molecule has 0 saturated heterocycles. The Morgan fingerprint density at radius 3 is 3.06 bits per heavy atom. The number of nitrogens with one attached hydrogen (secondary N) is 1. The van der Waals surface area contributed by atoms with Gasteiger partial charge in [0.15, 0.2) is 0 Å². The quantitative estimate of drug-likeness (QED) is 0.853. The van der Waals surface area contributed by atoms with Gasteiger partial charge in [-0.15, -0.1) is 0 Å². The largest absolute Gasteiger partial charge is 0.478 e. The second-order valence-electron chi connectivity index (χ2n) is 4.67. The monoisotopic (exact) mass is 244 g/mol. The molecule has 4 heteroatoms. The maximum atomic E-state index is 11.2. The van der Waals surface area contributed by atoms with Crippen LogP contribution in [0.25, 0.3) is 10.9 Å². The molecule has 0 unspecified atom stereocenters. The summed E-state index contributed by atoms with van der Waals surface area (Å²) in [4.78, 5) is 16.9. The predicted octanol–water partition coefficient (Wildman–Crippen LogP) is 2.64. The maximum absolute atomic E-state index is 11.2. The Balaban J connectivity index is 2.30. The Kier molecular flexibility index (Phi) is 2.51. The zero-order chi connectivity index (χ0) is 12.7. The molecule has 4 nitrogen and oxygen atoms in total. The number of aryl methyl sites for hydroxylation is 1. The smallest absolute Gasteiger partial charge is 0.337 e. The minimum absolute atomic E-state index is 0.359. The van der Waals surface area contributed by atoms with Crippen LogP contribution in [0.3, 0.4) is 0 Å². The van der Waals surface area contributed by atoms with Gasteiger partial charge in [-0.25, -0.2) is 4.79 Å². The number of para-hydroxylation sites is 1. The molecule has 1 aromatic carbocycles. The van der Waals surface area contributed by atoms with E-state index < -0.39 is 5.97 Å². The fraction of sp³-hybridized carbons (Fsp3) is 0.357. The first kappa shape index (κ1) is 11.1. The van der Waals surface area contributed by atoms with E-state index in [1.165, 1.54) is 11.4 Å². The molecule has 0 spiro atoms. The number of fused-ring (bicyclic) bond motifs is 3. The number of carboxylic acids is 1. The van der Waals surface area contributed by atoms with Crippen molar-refractivity contribution in [1.82, 2.24) is 4.98 Å². The van der Waals surface area contributed by atoms with Gasteiger partial charge in [-0.2, -0.15) is 0 Å². The summed E-state index contributed by atoms with van der Waals surface area (Å²) < 4.78 is 0. The molecule has 0 radical (unpaired) electrons. The fourth-order valence-corrected chi connectivity index (χ4v) is 2.85. The first-order valence-corrected chi connectivity index (χ1v) is 6.34. The van der Waals surface area contributed by atoms with Crippen molar-refractivity contribution in [2.75, 3.05) is 18.0 Å². The van der Waals surface area contributed by atoms with E-state index in [2.05, 4.69) is 16.8 Å². The molecule has 1 aliphatic rings. The average Bonchev–Trinajstić information content (AvgIpc) is 2.76. The summed E-state index contributed by atoms with van der Waals surface area (Å²) in [5, 5.41) is 10.3. The Bertz CT molecular complexity index is 616. The van der Waals surface area contributed by atoms with E-state index in [4.69, 9.17) is 0 Å². The third-order valence-electron chi connectivity index (χ3n) is 3.66. The summed E-state index contributed by atoms with van der Waals surface area (Å²) in [7, 11) is 0. The lowest BCUT2D eigenvalue weighted by Gasteiger charge is -2.28. The number of hydrogen-bond donors (Lipinski definition) is 2. The second-order valence-corrected chi connectivity index (χ2v) is 4.67. The van der Waals surface area contributed by atoms with Crippen LogP contribution >= 0.6 is 0 Å². The summed E-state index contributed by atoms with van der Waals surface area (Å²) in [6, 6.07) is 5.48. The number of benzene rings is 1. The van der Waals surface area contributed by atoms with Crippen LogP contribution in [0.15, 0.2) is 18.2 Å². The van der Waals surface area contributed by atoms with E-state index in [-0.39, 0.29) is 0 Å². The van der Waals surface area contributed by atoms with Crippen LogP contribution in [0.4, 0.5) is 5.69 Å². The van der Waals surface area contributed by atoms with E-state index in [0.29, 0.717) is 5.56 Å². The van der Waals surface area contributed by atoms with Gasteiger partial charge in [-0.3, -0.25) is 0 Å². The number of H-pyrrole nitrogens is 1. The van der Waals surface area contributed by atoms with Crippen molar-refractivity contribution in [2.45, 2.75) is 19.8 Å². The molecule has 0 fully saturated rings. The van der Waals surface area contributed by atoms with E-state index in [0.717, 1.165) is 36.8 Å². The van der Waals surface area contributed by atoms with E-state index in [1.54, 1.807) is 6.07 Å². The molecule has 0 amide bonds. The fourth-order valence-electron chi connectivity index (χ4n) is 2.85. The molecule has 0 atom stereocenters. The summed E-state index contributed by atoms with van der Waals surface area (Å²) >= 11 is 0. The topological polar surface area (TPSA) is 56.3 Å². The number of aromatic carboxylic acids is 1. The number of hydrogen-bond acceptors (Lipinski definition) is 2. The first-order valence-electron chi connectivity index (χ1n) is 6.34. The third-order valence-corrected chi connectivity index (χ3v) is 3.66. The Hall–Kier alpha value is -1.97. The Morgan fingerprint density at radius 1 is 1.50 bits per heavy atom. The highest BCUT2D eigenvalue weighted by atomic mass is 16.4. The predicted molar refractivity (Wildman–Crippen MR) is 71.5 cm³/mol. The number of carboxylic acid groups (broad SMARTS) is 1. The lowest BCUT2D eigenvalue weighted by Crippen LogP contribution is -2.28. The van der Waals surface area contributed by atoms with Gasteiger partial charge >= 0.3 is 5.97 Å². The lowest BCUT2D eigenvalue weighted by molar-refractivity contribution is 0.0699. The third kappa shape index (κ3) is 1.49. The normalized spacial score (nSPS) is 14.8. The Morgan fingerprint density at radius 2 is 2.33 bits per heavy atom. The van der Waals surface area contributed by atoms with Crippen LogP contribution in [0.2, 0.25) is 0 Å². The van der Waals surface area contributed by atoms with Crippen molar-refractivity contribution in [3.8, 4) is 0 Å². The highest BCUT2D eigenvalue weighted by Crippen LogP contribution is 2.36. The van der Waals surface area contributed by atoms with Crippen molar-refractivity contribution in [1.29, 1.82) is 0 Å². The van der Waals surface area contributed by atoms with Crippen LogP contribution in [0.1, 0.15) is 29.4 Å². The zero-order valence-electron chi connectivity index (χ0n) is 10.4. The van der Waals surface area contributed by atoms with E-state index in [9.17, 15) is 9.90 Å². The van der Waals surface area contributed by atoms with Gasteiger partial charge in [0.05, 0.1) is 16.8 Å². The molecule has 94 valence electrons. The number of nitrogens with zero attached hydrogens (tertiary/aromatic N) is 1. The lowest BCUT2D eigenvalue weighted by atomic mass is 10.1. The van der Waals surface area contributed by atoms with Crippen LogP contribution in [-0.2, 0) is 6.42 Å². The number of anilines is 1. The van der Waals surface area contributed by atoms with Crippen LogP contribution in [0, 0.1) is 0 Å². The standard InChI is InChI=1S/C14H16N2O2/c1-2-16-8-4-7-11-13(16)9-5-3-6-10(14(17)18)12(9)15-11/h3,5-6,15H,2,4,7-8H2,1H3,(H,17,18). The van der Waals surface area contributed by atoms with Gasteiger partial charge in [0.25, 0.3) is 0 Å². The SMILES string of the molecule is CCN1CCCc2[nH]c3c(C(=O)O)cccc3c21. The molecule has 0 bridgehead atoms. The van der Waals surface area contributed by atoms with Crippen molar-refractivity contribution in [3.05, 3.63) is 29.5 Å². The van der Waals surface area contributed by atoms with Crippen LogP contribution < -0.4 is 4.90 Å². The summed E-state index contributed by atoms with van der Waals surface area (Å²) in [5.41, 5.74) is 3.49. The summed E-state index contributed by atoms with van der Waals surface area (Å²) in [6.07, 6.45) is 2.12. The maximum Gasteiger partial charge on any atom is 0.337 e. The molecule has 2 heterocycles. The average molecular weight is 244 g/mol. The molecule has 18 heavy (non-hydrogen) atoms. The number of rotatable bonds is 2.